The molecule has 33 heavy (non-hydrogen) atoms. The van der Waals surface area contributed by atoms with Gasteiger partial charge in [0.15, 0.2) is 23.1 Å². The van der Waals surface area contributed by atoms with E-state index in [1.807, 2.05) is 0 Å². The van der Waals surface area contributed by atoms with E-state index in [0.717, 1.165) is 0 Å². The van der Waals surface area contributed by atoms with E-state index in [1.165, 1.54) is 44.6 Å². The highest BCUT2D eigenvalue weighted by Gasteiger charge is 2.41. The van der Waals surface area contributed by atoms with E-state index < -0.39 is 29.6 Å². The Labute approximate surface area is 189 Å². The number of amides is 2. The van der Waals surface area contributed by atoms with Crippen LogP contribution in [0.15, 0.2) is 36.4 Å². The summed E-state index contributed by atoms with van der Waals surface area (Å²) in [6.45, 7) is 1.78. The average Bonchev–Trinajstić information content (AvgIpc) is 3.07. The Balaban J connectivity index is 1.78. The molecule has 3 aromatic rings. The van der Waals surface area contributed by atoms with Gasteiger partial charge in [0.2, 0.25) is 5.91 Å². The van der Waals surface area contributed by atoms with Crippen LogP contribution in [0.4, 0.5) is 10.2 Å². The van der Waals surface area contributed by atoms with Gasteiger partial charge in [0.05, 0.1) is 19.9 Å². The van der Waals surface area contributed by atoms with Crippen LogP contribution in [-0.2, 0) is 11.8 Å². The Bertz CT molecular complexity index is 1260. The third-order valence-corrected chi connectivity index (χ3v) is 5.70. The number of phenols is 1. The number of benzene rings is 2. The average molecular weight is 454 g/mol. The number of aryl methyl sites for hydroxylation is 2. The topological polar surface area (TPSA) is 115 Å². The van der Waals surface area contributed by atoms with Gasteiger partial charge in [0.25, 0.3) is 5.91 Å². The fourth-order valence-electron chi connectivity index (χ4n) is 4.14. The normalized spacial score (nSPS) is 17.2. The number of phenolic OH excluding ortho intramolecular Hbond substituents is 1. The smallest absolute Gasteiger partial charge is 0.252 e. The molecule has 2 heterocycles. The second kappa shape index (κ2) is 8.45. The predicted molar refractivity (Wildman–Crippen MR) is 117 cm³/mol. The lowest BCUT2D eigenvalue weighted by atomic mass is 9.81. The minimum Gasteiger partial charge on any atom is -0.504 e. The van der Waals surface area contributed by atoms with E-state index in [0.29, 0.717) is 22.6 Å². The largest absolute Gasteiger partial charge is 0.504 e. The second-order valence-electron chi connectivity index (χ2n) is 7.67. The van der Waals surface area contributed by atoms with Crippen molar-refractivity contribution in [1.82, 2.24) is 15.1 Å². The maximum absolute atomic E-state index is 14.6. The van der Waals surface area contributed by atoms with Gasteiger partial charge in [0, 0.05) is 24.1 Å². The number of methoxy groups -OCH3 is 2. The van der Waals surface area contributed by atoms with E-state index in [4.69, 9.17) is 9.47 Å². The number of aromatic hydroxyl groups is 1. The van der Waals surface area contributed by atoms with Crippen LogP contribution >= 0.6 is 0 Å². The second-order valence-corrected chi connectivity index (χ2v) is 7.67. The van der Waals surface area contributed by atoms with Crippen molar-refractivity contribution in [3.8, 4) is 17.2 Å². The molecule has 0 aliphatic carbocycles. The summed E-state index contributed by atoms with van der Waals surface area (Å²) in [7, 11) is 4.43. The number of carbonyl (C=O) groups excluding carboxylic acids is 2. The van der Waals surface area contributed by atoms with Crippen LogP contribution in [-0.4, -0.2) is 47.0 Å². The summed E-state index contributed by atoms with van der Waals surface area (Å²) in [5.74, 6) is -1.76. The van der Waals surface area contributed by atoms with Gasteiger partial charge < -0.3 is 25.2 Å². The number of halogens is 1. The van der Waals surface area contributed by atoms with Gasteiger partial charge in [-0.3, -0.25) is 14.3 Å². The fraction of sp³-hybridized carbons (Fsp3) is 0.261. The number of carbonyl (C=O) groups is 2. The van der Waals surface area contributed by atoms with Crippen molar-refractivity contribution >= 4 is 17.6 Å². The molecule has 4 rings (SSSR count). The Morgan fingerprint density at radius 3 is 2.58 bits per heavy atom. The molecule has 9 nitrogen and oxygen atoms in total. The number of hydrogen-bond donors (Lipinski definition) is 3. The predicted octanol–water partition coefficient (Wildman–Crippen LogP) is 2.47. The van der Waals surface area contributed by atoms with Crippen molar-refractivity contribution in [2.75, 3.05) is 19.5 Å². The first-order valence-electron chi connectivity index (χ1n) is 10.1. The molecule has 3 N–H and O–H groups in total. The van der Waals surface area contributed by atoms with Gasteiger partial charge in [-0.1, -0.05) is 6.07 Å². The standard InChI is InChI=1S/C23H23FN4O5/c1-11-18-19(12-6-8-16(32-3)14(24)9-12)20(23(31)26-21(18)28(2)27-11)25-22(30)13-5-7-15(29)17(10-13)33-4/h5-10,19-20,29H,1-4H3,(H,25,30)(H,26,31)/t19-,20+/m1/s1. The van der Waals surface area contributed by atoms with Crippen LogP contribution in [0.25, 0.3) is 0 Å². The molecule has 172 valence electrons. The molecule has 10 heteroatoms. The number of nitrogens with zero attached hydrogens (tertiary/aromatic N) is 2. The van der Waals surface area contributed by atoms with Crippen molar-refractivity contribution in [3.63, 3.8) is 0 Å². The maximum atomic E-state index is 14.6. The van der Waals surface area contributed by atoms with E-state index in [1.54, 1.807) is 24.7 Å². The summed E-state index contributed by atoms with van der Waals surface area (Å²) < 4.78 is 26.2. The SMILES string of the molecule is COc1cc(C(=O)N[C@@H]2C(=O)Nc3c(c(C)nn3C)[C@H]2c2ccc(OC)c(F)c2)ccc1O. The van der Waals surface area contributed by atoms with Crippen LogP contribution in [0.2, 0.25) is 0 Å². The Kier molecular flexibility index (Phi) is 5.67. The molecule has 2 atom stereocenters. The number of hydrogen-bond acceptors (Lipinski definition) is 6. The molecule has 0 spiro atoms. The first kappa shape index (κ1) is 22.1. The summed E-state index contributed by atoms with van der Waals surface area (Å²) >= 11 is 0. The molecular formula is C23H23FN4O5. The van der Waals surface area contributed by atoms with E-state index in [2.05, 4.69) is 15.7 Å². The number of fused-ring (bicyclic) bond motifs is 1. The summed E-state index contributed by atoms with van der Waals surface area (Å²) in [5, 5.41) is 19.7. The number of anilines is 1. The Hall–Kier alpha value is -4.08. The third kappa shape index (κ3) is 3.84. The van der Waals surface area contributed by atoms with Crippen molar-refractivity contribution < 1.29 is 28.6 Å². The minimum absolute atomic E-state index is 0.0684. The van der Waals surface area contributed by atoms with Crippen LogP contribution in [0, 0.1) is 12.7 Å². The molecule has 0 radical (unpaired) electrons. The van der Waals surface area contributed by atoms with Crippen LogP contribution < -0.4 is 20.1 Å². The molecule has 1 aliphatic heterocycles. The molecule has 1 aromatic heterocycles. The third-order valence-electron chi connectivity index (χ3n) is 5.70. The lowest BCUT2D eigenvalue weighted by molar-refractivity contribution is -0.118. The van der Waals surface area contributed by atoms with Crippen LogP contribution in [0.1, 0.15) is 33.1 Å². The Morgan fingerprint density at radius 2 is 1.91 bits per heavy atom. The lowest BCUT2D eigenvalue weighted by Crippen LogP contribution is -2.50. The highest BCUT2D eigenvalue weighted by atomic mass is 19.1. The lowest BCUT2D eigenvalue weighted by Gasteiger charge is -2.32. The van der Waals surface area contributed by atoms with Gasteiger partial charge in [-0.25, -0.2) is 4.39 Å². The molecule has 0 unspecified atom stereocenters. The summed E-state index contributed by atoms with van der Waals surface area (Å²) in [6.07, 6.45) is 0. The molecule has 2 aromatic carbocycles. The van der Waals surface area contributed by atoms with Crippen LogP contribution in [0.5, 0.6) is 17.2 Å². The van der Waals surface area contributed by atoms with Gasteiger partial charge in [0.1, 0.15) is 11.9 Å². The zero-order chi connectivity index (χ0) is 23.9. The quantitative estimate of drug-likeness (QED) is 0.546. The van der Waals surface area contributed by atoms with Gasteiger partial charge in [-0.2, -0.15) is 5.10 Å². The first-order valence-corrected chi connectivity index (χ1v) is 10.1. The van der Waals surface area contributed by atoms with Crippen molar-refractivity contribution in [3.05, 3.63) is 64.6 Å². The Morgan fingerprint density at radius 1 is 1.18 bits per heavy atom. The maximum Gasteiger partial charge on any atom is 0.252 e. The summed E-state index contributed by atoms with van der Waals surface area (Å²) in [5.41, 5.74) is 1.98. The number of nitrogens with one attached hydrogen (secondary N) is 2. The first-order chi connectivity index (χ1) is 15.7. The monoisotopic (exact) mass is 454 g/mol. The van der Waals surface area contributed by atoms with Crippen molar-refractivity contribution in [1.29, 1.82) is 0 Å². The van der Waals surface area contributed by atoms with E-state index in [9.17, 15) is 19.1 Å². The highest BCUT2D eigenvalue weighted by molar-refractivity contribution is 6.04. The summed E-state index contributed by atoms with van der Waals surface area (Å²) in [4.78, 5) is 26.1. The highest BCUT2D eigenvalue weighted by Crippen LogP contribution is 2.40. The van der Waals surface area contributed by atoms with Crippen LogP contribution in [0.3, 0.4) is 0 Å². The molecular weight excluding hydrogens is 431 g/mol. The zero-order valence-corrected chi connectivity index (χ0v) is 18.5. The number of rotatable bonds is 5. The number of ether oxygens (including phenoxy) is 2. The minimum atomic E-state index is -1.06. The van der Waals surface area contributed by atoms with Crippen molar-refractivity contribution in [2.45, 2.75) is 18.9 Å². The van der Waals surface area contributed by atoms with Gasteiger partial charge >= 0.3 is 0 Å². The zero-order valence-electron chi connectivity index (χ0n) is 18.5. The molecule has 0 saturated heterocycles. The van der Waals surface area contributed by atoms with E-state index >= 15 is 0 Å². The number of aromatic nitrogens is 2. The molecule has 0 fully saturated rings. The van der Waals surface area contributed by atoms with Gasteiger partial charge in [-0.05, 0) is 42.8 Å². The fourth-order valence-corrected chi connectivity index (χ4v) is 4.14. The molecule has 2 amide bonds. The van der Waals surface area contributed by atoms with E-state index in [-0.39, 0.29) is 22.8 Å². The van der Waals surface area contributed by atoms with Gasteiger partial charge in [-0.15, -0.1) is 0 Å². The molecule has 0 bridgehead atoms. The van der Waals surface area contributed by atoms with Crippen molar-refractivity contribution in [2.24, 2.45) is 7.05 Å². The summed E-state index contributed by atoms with van der Waals surface area (Å²) in [6, 6.07) is 7.48. The molecule has 0 saturated carbocycles. The molecule has 1 aliphatic rings.